The van der Waals surface area contributed by atoms with Crippen LogP contribution in [0.5, 0.6) is 11.5 Å². The Balaban J connectivity index is 1.53. The molecule has 2 aromatic rings. The molecular formula is C21H22N2O4. The van der Waals surface area contributed by atoms with Crippen LogP contribution in [0, 0.1) is 0 Å². The maximum absolute atomic E-state index is 13.0. The molecular weight excluding hydrogens is 344 g/mol. The van der Waals surface area contributed by atoms with Gasteiger partial charge in [-0.1, -0.05) is 18.2 Å². The van der Waals surface area contributed by atoms with Crippen molar-refractivity contribution in [1.82, 2.24) is 4.90 Å². The molecule has 0 radical (unpaired) electrons. The highest BCUT2D eigenvalue weighted by molar-refractivity contribution is 6.08. The molecule has 2 heterocycles. The fourth-order valence-corrected chi connectivity index (χ4v) is 4.03. The van der Waals surface area contributed by atoms with Gasteiger partial charge in [0.1, 0.15) is 11.5 Å². The lowest BCUT2D eigenvalue weighted by atomic mass is 9.81. The van der Waals surface area contributed by atoms with Crippen molar-refractivity contribution in [3.8, 4) is 11.5 Å². The molecule has 1 unspecified atom stereocenters. The zero-order valence-corrected chi connectivity index (χ0v) is 15.5. The highest BCUT2D eigenvalue weighted by Crippen LogP contribution is 2.47. The standard InChI is InChI=1S/C21H22N2O4/c1-22-18-9-8-16(26-2)12-17(18)21(20(22)25)10-11-23(14-21)19(24)13-27-15-6-4-3-5-7-15/h3-9,12H,10-11,13-14H2,1-2H3. The zero-order valence-electron chi connectivity index (χ0n) is 15.5. The quantitative estimate of drug-likeness (QED) is 0.833. The number of carbonyl (C=O) groups excluding carboxylic acids is 2. The summed E-state index contributed by atoms with van der Waals surface area (Å²) in [6, 6.07) is 14.9. The number of hydrogen-bond donors (Lipinski definition) is 0. The molecule has 0 aromatic heterocycles. The monoisotopic (exact) mass is 366 g/mol. The van der Waals surface area contributed by atoms with E-state index in [0.29, 0.717) is 31.0 Å². The van der Waals surface area contributed by atoms with E-state index in [1.54, 1.807) is 24.0 Å². The summed E-state index contributed by atoms with van der Waals surface area (Å²) >= 11 is 0. The van der Waals surface area contributed by atoms with Gasteiger partial charge in [-0.2, -0.15) is 0 Å². The van der Waals surface area contributed by atoms with Crippen LogP contribution in [0.15, 0.2) is 48.5 Å². The van der Waals surface area contributed by atoms with Gasteiger partial charge in [0, 0.05) is 25.8 Å². The molecule has 0 saturated carbocycles. The van der Waals surface area contributed by atoms with E-state index < -0.39 is 5.41 Å². The number of rotatable bonds is 4. The predicted octanol–water partition coefficient (Wildman–Crippen LogP) is 2.22. The van der Waals surface area contributed by atoms with Crippen molar-refractivity contribution >= 4 is 17.5 Å². The number of para-hydroxylation sites is 1. The van der Waals surface area contributed by atoms with Crippen LogP contribution in [0.25, 0.3) is 0 Å². The number of likely N-dealkylation sites (tertiary alicyclic amines) is 1. The molecule has 6 nitrogen and oxygen atoms in total. The Morgan fingerprint density at radius 1 is 1.15 bits per heavy atom. The van der Waals surface area contributed by atoms with Crippen LogP contribution in [-0.4, -0.2) is 50.6 Å². The van der Waals surface area contributed by atoms with Gasteiger partial charge in [-0.05, 0) is 42.3 Å². The number of likely N-dealkylation sites (N-methyl/N-ethyl adjacent to an activating group) is 1. The number of methoxy groups -OCH3 is 1. The summed E-state index contributed by atoms with van der Waals surface area (Å²) in [7, 11) is 3.39. The molecule has 0 aliphatic carbocycles. The highest BCUT2D eigenvalue weighted by Gasteiger charge is 2.54. The number of hydrogen-bond acceptors (Lipinski definition) is 4. The minimum Gasteiger partial charge on any atom is -0.497 e. The maximum atomic E-state index is 13.0. The number of anilines is 1. The summed E-state index contributed by atoms with van der Waals surface area (Å²) in [5.74, 6) is 1.30. The predicted molar refractivity (Wildman–Crippen MR) is 101 cm³/mol. The van der Waals surface area contributed by atoms with Crippen LogP contribution < -0.4 is 14.4 Å². The molecule has 2 aliphatic rings. The van der Waals surface area contributed by atoms with Crippen molar-refractivity contribution in [3.05, 3.63) is 54.1 Å². The largest absolute Gasteiger partial charge is 0.497 e. The second-order valence-electron chi connectivity index (χ2n) is 7.00. The first-order valence-electron chi connectivity index (χ1n) is 8.97. The van der Waals surface area contributed by atoms with Gasteiger partial charge in [0.05, 0.1) is 12.5 Å². The van der Waals surface area contributed by atoms with Gasteiger partial charge in [0.25, 0.3) is 5.91 Å². The van der Waals surface area contributed by atoms with E-state index >= 15 is 0 Å². The summed E-state index contributed by atoms with van der Waals surface area (Å²) in [6.45, 7) is 0.871. The second kappa shape index (κ2) is 6.61. The minimum atomic E-state index is -0.693. The molecule has 1 fully saturated rings. The molecule has 27 heavy (non-hydrogen) atoms. The number of nitrogens with zero attached hydrogens (tertiary/aromatic N) is 2. The van der Waals surface area contributed by atoms with Gasteiger partial charge in [-0.15, -0.1) is 0 Å². The summed E-state index contributed by atoms with van der Waals surface area (Å²) < 4.78 is 10.9. The highest BCUT2D eigenvalue weighted by atomic mass is 16.5. The van der Waals surface area contributed by atoms with Crippen molar-refractivity contribution in [3.63, 3.8) is 0 Å². The average molecular weight is 366 g/mol. The summed E-state index contributed by atoms with van der Waals surface area (Å²) in [6.07, 6.45) is 0.605. The van der Waals surface area contributed by atoms with Crippen LogP contribution in [0.1, 0.15) is 12.0 Å². The van der Waals surface area contributed by atoms with Crippen LogP contribution in [-0.2, 0) is 15.0 Å². The molecule has 6 heteroatoms. The third-order valence-electron chi connectivity index (χ3n) is 5.52. The zero-order chi connectivity index (χ0) is 19.0. The SMILES string of the molecule is COc1ccc2c(c1)C1(CCN(C(=O)COc3ccccc3)C1)C(=O)N2C. The lowest BCUT2D eigenvalue weighted by Gasteiger charge is -2.23. The lowest BCUT2D eigenvalue weighted by molar-refractivity contribution is -0.132. The van der Waals surface area contributed by atoms with E-state index in [1.807, 2.05) is 48.5 Å². The van der Waals surface area contributed by atoms with Gasteiger partial charge in [0.2, 0.25) is 5.91 Å². The topological polar surface area (TPSA) is 59.1 Å². The third kappa shape index (κ3) is 2.81. The van der Waals surface area contributed by atoms with E-state index in [9.17, 15) is 9.59 Å². The first-order valence-corrected chi connectivity index (χ1v) is 8.97. The summed E-state index contributed by atoms with van der Waals surface area (Å²) in [5, 5.41) is 0. The molecule has 1 spiro atoms. The lowest BCUT2D eigenvalue weighted by Crippen LogP contribution is -2.42. The van der Waals surface area contributed by atoms with E-state index in [2.05, 4.69) is 0 Å². The Morgan fingerprint density at radius 2 is 1.93 bits per heavy atom. The van der Waals surface area contributed by atoms with Gasteiger partial charge < -0.3 is 19.3 Å². The van der Waals surface area contributed by atoms with Crippen molar-refractivity contribution < 1.29 is 19.1 Å². The Labute approximate surface area is 158 Å². The molecule has 2 amide bonds. The number of carbonyl (C=O) groups is 2. The average Bonchev–Trinajstić information content (AvgIpc) is 3.24. The number of ether oxygens (including phenoxy) is 2. The third-order valence-corrected chi connectivity index (χ3v) is 5.52. The van der Waals surface area contributed by atoms with Crippen molar-refractivity contribution in [2.75, 3.05) is 38.8 Å². The smallest absolute Gasteiger partial charge is 0.260 e. The van der Waals surface area contributed by atoms with Crippen molar-refractivity contribution in [1.29, 1.82) is 0 Å². The van der Waals surface area contributed by atoms with Gasteiger partial charge in [-0.25, -0.2) is 0 Å². The van der Waals surface area contributed by atoms with E-state index in [0.717, 1.165) is 11.3 Å². The van der Waals surface area contributed by atoms with Crippen LogP contribution in [0.4, 0.5) is 5.69 Å². The Kier molecular flexibility index (Phi) is 4.26. The summed E-state index contributed by atoms with van der Waals surface area (Å²) in [4.78, 5) is 29.1. The normalized spacial score (nSPS) is 20.9. The van der Waals surface area contributed by atoms with Crippen molar-refractivity contribution in [2.24, 2.45) is 0 Å². The molecule has 0 N–H and O–H groups in total. The van der Waals surface area contributed by atoms with Gasteiger partial charge in [-0.3, -0.25) is 9.59 Å². The molecule has 2 aliphatic heterocycles. The first kappa shape index (κ1) is 17.4. The molecule has 1 saturated heterocycles. The fourth-order valence-electron chi connectivity index (χ4n) is 4.03. The number of amides is 2. The van der Waals surface area contributed by atoms with E-state index in [-0.39, 0.29) is 18.4 Å². The Hall–Kier alpha value is -3.02. The Bertz CT molecular complexity index is 883. The van der Waals surface area contributed by atoms with Crippen LogP contribution >= 0.6 is 0 Å². The van der Waals surface area contributed by atoms with Gasteiger partial charge in [0.15, 0.2) is 6.61 Å². The minimum absolute atomic E-state index is 0.0324. The maximum Gasteiger partial charge on any atom is 0.260 e. The fraction of sp³-hybridized carbons (Fsp3) is 0.333. The summed E-state index contributed by atoms with van der Waals surface area (Å²) in [5.41, 5.74) is 1.13. The Morgan fingerprint density at radius 3 is 2.67 bits per heavy atom. The molecule has 140 valence electrons. The molecule has 2 aromatic carbocycles. The van der Waals surface area contributed by atoms with Gasteiger partial charge >= 0.3 is 0 Å². The van der Waals surface area contributed by atoms with Crippen LogP contribution in [0.3, 0.4) is 0 Å². The van der Waals surface area contributed by atoms with E-state index in [1.165, 1.54) is 0 Å². The molecule has 0 bridgehead atoms. The first-order chi connectivity index (χ1) is 13.0. The molecule has 1 atom stereocenters. The number of fused-ring (bicyclic) bond motifs is 2. The number of benzene rings is 2. The van der Waals surface area contributed by atoms with Crippen LogP contribution in [0.2, 0.25) is 0 Å². The van der Waals surface area contributed by atoms with Crippen molar-refractivity contribution in [2.45, 2.75) is 11.8 Å². The molecule has 4 rings (SSSR count). The second-order valence-corrected chi connectivity index (χ2v) is 7.00. The van der Waals surface area contributed by atoms with E-state index in [4.69, 9.17) is 9.47 Å².